The molecule has 7 nitrogen and oxygen atoms in total. The lowest BCUT2D eigenvalue weighted by Gasteiger charge is -2.19. The number of aromatic nitrogens is 3. The second-order valence-corrected chi connectivity index (χ2v) is 10.4. The molecular formula is C28H22FN5O2S2. The van der Waals surface area contributed by atoms with Crippen molar-refractivity contribution in [3.05, 3.63) is 90.8 Å². The number of aryl methyl sites for hydroxylation is 1. The Bertz CT molecular complexity index is 1670. The van der Waals surface area contributed by atoms with Crippen LogP contribution in [0.3, 0.4) is 0 Å². The van der Waals surface area contributed by atoms with Crippen LogP contribution >= 0.6 is 23.6 Å². The maximum Gasteiger partial charge on any atom is 0.329 e. The predicted octanol–water partition coefficient (Wildman–Crippen LogP) is 6.44. The van der Waals surface area contributed by atoms with E-state index in [-0.39, 0.29) is 18.2 Å². The number of ether oxygens (including phenoxy) is 1. The third kappa shape index (κ3) is 4.64. The van der Waals surface area contributed by atoms with Gasteiger partial charge in [0.05, 0.1) is 32.1 Å². The van der Waals surface area contributed by atoms with E-state index in [4.69, 9.17) is 17.0 Å². The molecule has 2 aromatic carbocycles. The molecule has 4 heterocycles. The summed E-state index contributed by atoms with van der Waals surface area (Å²) in [5.74, 6) is 0.121. The highest BCUT2D eigenvalue weighted by Gasteiger charge is 2.32. The van der Waals surface area contributed by atoms with Crippen LogP contribution in [-0.2, 0) is 13.5 Å². The minimum Gasteiger partial charge on any atom is -0.453 e. The van der Waals surface area contributed by atoms with Crippen molar-refractivity contribution >= 4 is 50.5 Å². The largest absolute Gasteiger partial charge is 0.453 e. The van der Waals surface area contributed by atoms with E-state index in [0.29, 0.717) is 29.4 Å². The summed E-state index contributed by atoms with van der Waals surface area (Å²) in [6.07, 6.45) is 5.59. The quantitative estimate of drug-likeness (QED) is 0.231. The second-order valence-electron chi connectivity index (χ2n) is 8.92. The summed E-state index contributed by atoms with van der Waals surface area (Å²) < 4.78 is 23.8. The number of imidazole rings is 1. The van der Waals surface area contributed by atoms with Gasteiger partial charge in [-0.25, -0.2) is 14.2 Å². The number of carbonyl (C=O) groups excluding carboxylic acids is 1. The lowest BCUT2D eigenvalue weighted by molar-refractivity contribution is 0.238. The van der Waals surface area contributed by atoms with E-state index in [1.807, 2.05) is 54.2 Å². The van der Waals surface area contributed by atoms with Crippen LogP contribution in [-0.4, -0.2) is 43.5 Å². The molecule has 1 aliphatic heterocycles. The number of fused-ring (bicyclic) bond motifs is 1. The van der Waals surface area contributed by atoms with Gasteiger partial charge in [0, 0.05) is 50.7 Å². The lowest BCUT2D eigenvalue weighted by Crippen LogP contribution is -2.36. The molecule has 0 bridgehead atoms. The van der Waals surface area contributed by atoms with E-state index in [1.165, 1.54) is 17.4 Å². The fraction of sp³-hybridized carbons (Fsp3) is 0.143. The Morgan fingerprint density at radius 1 is 1.08 bits per heavy atom. The number of carbonyl (C=O) groups is 1. The predicted molar refractivity (Wildman–Crippen MR) is 150 cm³/mol. The maximum absolute atomic E-state index is 15.1. The van der Waals surface area contributed by atoms with Crippen LogP contribution < -0.4 is 9.64 Å². The third-order valence-corrected chi connectivity index (χ3v) is 7.81. The first-order valence-electron chi connectivity index (χ1n) is 12.0. The Balaban J connectivity index is 1.17. The number of thiocarbonyl (C=S) groups is 1. The molecule has 10 heteroatoms. The Labute approximate surface area is 227 Å². The maximum atomic E-state index is 15.1. The van der Waals surface area contributed by atoms with Crippen LogP contribution in [0.1, 0.15) is 5.56 Å². The molecule has 1 saturated heterocycles. The van der Waals surface area contributed by atoms with Crippen LogP contribution in [0, 0.1) is 5.82 Å². The number of anilines is 1. The highest BCUT2D eigenvalue weighted by Crippen LogP contribution is 2.39. The number of benzene rings is 2. The van der Waals surface area contributed by atoms with Gasteiger partial charge in [-0.1, -0.05) is 36.5 Å². The van der Waals surface area contributed by atoms with Crippen LogP contribution in [0.25, 0.3) is 20.8 Å². The summed E-state index contributed by atoms with van der Waals surface area (Å²) in [4.78, 5) is 26.4. The molecule has 0 aliphatic carbocycles. The van der Waals surface area contributed by atoms with Crippen molar-refractivity contribution in [1.29, 1.82) is 0 Å². The van der Waals surface area contributed by atoms with E-state index in [2.05, 4.69) is 9.97 Å². The van der Waals surface area contributed by atoms with Gasteiger partial charge in [-0.15, -0.1) is 11.3 Å². The number of nitrogens with zero attached hydrogens (tertiary/aromatic N) is 5. The summed E-state index contributed by atoms with van der Waals surface area (Å²) in [6, 6.07) is 17.8. The van der Waals surface area contributed by atoms with Crippen molar-refractivity contribution in [2.45, 2.75) is 6.42 Å². The van der Waals surface area contributed by atoms with Crippen molar-refractivity contribution in [2.24, 2.45) is 7.05 Å². The van der Waals surface area contributed by atoms with E-state index in [1.54, 1.807) is 40.5 Å². The summed E-state index contributed by atoms with van der Waals surface area (Å²) >= 11 is 7.06. The van der Waals surface area contributed by atoms with E-state index >= 15 is 4.39 Å². The van der Waals surface area contributed by atoms with Crippen molar-refractivity contribution in [3.63, 3.8) is 0 Å². The molecule has 2 amide bonds. The fourth-order valence-corrected chi connectivity index (χ4v) is 5.77. The van der Waals surface area contributed by atoms with Gasteiger partial charge in [-0.2, -0.15) is 0 Å². The highest BCUT2D eigenvalue weighted by molar-refractivity contribution is 7.80. The lowest BCUT2D eigenvalue weighted by atomic mass is 10.1. The zero-order valence-electron chi connectivity index (χ0n) is 20.4. The second kappa shape index (κ2) is 9.96. The smallest absolute Gasteiger partial charge is 0.329 e. The molecule has 190 valence electrons. The number of para-hydroxylation sites is 1. The van der Waals surface area contributed by atoms with Crippen molar-refractivity contribution < 1.29 is 13.9 Å². The summed E-state index contributed by atoms with van der Waals surface area (Å²) in [6.45, 7) is 1.05. The first-order valence-corrected chi connectivity index (χ1v) is 13.2. The van der Waals surface area contributed by atoms with Crippen LogP contribution in [0.2, 0.25) is 0 Å². The Kier molecular flexibility index (Phi) is 6.34. The minimum absolute atomic E-state index is 0.104. The third-order valence-electron chi connectivity index (χ3n) is 6.28. The fourth-order valence-electron chi connectivity index (χ4n) is 4.40. The monoisotopic (exact) mass is 543 g/mol. The number of urea groups is 1. The van der Waals surface area contributed by atoms with Gasteiger partial charge in [0.15, 0.2) is 11.6 Å². The summed E-state index contributed by atoms with van der Waals surface area (Å²) in [5.41, 5.74) is 3.10. The summed E-state index contributed by atoms with van der Waals surface area (Å²) in [5, 5.41) is 0. The zero-order valence-corrected chi connectivity index (χ0v) is 22.0. The number of pyridine rings is 1. The molecule has 3 aromatic heterocycles. The highest BCUT2D eigenvalue weighted by atomic mass is 32.1. The Hall–Kier alpha value is -4.15. The van der Waals surface area contributed by atoms with Gasteiger partial charge >= 0.3 is 6.03 Å². The molecule has 0 atom stereocenters. The minimum atomic E-state index is -0.504. The SMILES string of the molecule is Cn1cnc(-c2cc3nccc(Oc4ccc(CC(=S)N5CCN(c6ccccc6)C5=O)cc4F)c3s2)c1. The van der Waals surface area contributed by atoms with Gasteiger partial charge < -0.3 is 9.30 Å². The molecule has 0 saturated carbocycles. The average Bonchev–Trinajstić information content (AvgIpc) is 3.64. The standard InChI is InChI=1S/C28H22FN5O2S2/c1-32-16-22(31-17-32)25-15-21-27(38-25)24(9-10-30-21)36-23-8-7-18(13-20(23)29)14-26(37)34-12-11-33(28(34)35)19-5-3-2-4-6-19/h2-10,13,15-17H,11-12,14H2,1H3. The number of halogens is 1. The van der Waals surface area contributed by atoms with Crippen molar-refractivity contribution in [3.8, 4) is 22.1 Å². The molecule has 38 heavy (non-hydrogen) atoms. The molecule has 5 aromatic rings. The molecule has 0 N–H and O–H groups in total. The Morgan fingerprint density at radius 2 is 1.92 bits per heavy atom. The van der Waals surface area contributed by atoms with Crippen molar-refractivity contribution in [2.75, 3.05) is 18.0 Å². The van der Waals surface area contributed by atoms with Gasteiger partial charge in [0.1, 0.15) is 5.75 Å². The number of thiophene rings is 1. The van der Waals surface area contributed by atoms with Gasteiger partial charge in [0.25, 0.3) is 0 Å². The van der Waals surface area contributed by atoms with E-state index in [9.17, 15) is 4.79 Å². The number of amides is 2. The summed E-state index contributed by atoms with van der Waals surface area (Å²) in [7, 11) is 1.91. The molecule has 0 spiro atoms. The number of hydrogen-bond acceptors (Lipinski definition) is 6. The number of hydrogen-bond donors (Lipinski definition) is 0. The molecule has 1 fully saturated rings. The van der Waals surface area contributed by atoms with Gasteiger partial charge in [0.2, 0.25) is 0 Å². The first-order chi connectivity index (χ1) is 18.5. The topological polar surface area (TPSA) is 63.5 Å². The van der Waals surface area contributed by atoms with E-state index in [0.717, 1.165) is 26.5 Å². The zero-order chi connectivity index (χ0) is 26.2. The molecule has 0 radical (unpaired) electrons. The van der Waals surface area contributed by atoms with Crippen LogP contribution in [0.4, 0.5) is 14.9 Å². The van der Waals surface area contributed by atoms with Gasteiger partial charge in [-0.3, -0.25) is 14.8 Å². The van der Waals surface area contributed by atoms with Gasteiger partial charge in [-0.05, 0) is 35.9 Å². The number of rotatable bonds is 6. The van der Waals surface area contributed by atoms with Crippen LogP contribution in [0.5, 0.6) is 11.5 Å². The molecule has 0 unspecified atom stereocenters. The van der Waals surface area contributed by atoms with Crippen LogP contribution in [0.15, 0.2) is 79.4 Å². The average molecular weight is 544 g/mol. The molecular weight excluding hydrogens is 521 g/mol. The molecule has 6 rings (SSSR count). The normalized spacial score (nSPS) is 13.5. The Morgan fingerprint density at radius 3 is 2.68 bits per heavy atom. The van der Waals surface area contributed by atoms with Crippen molar-refractivity contribution in [1.82, 2.24) is 19.4 Å². The van der Waals surface area contributed by atoms with E-state index < -0.39 is 5.82 Å². The molecule has 1 aliphatic rings. The first kappa shape index (κ1) is 24.2.